The monoisotopic (exact) mass is 272 g/mol. The molecule has 1 aromatic carbocycles. The molecular weight excluding hydrogens is 256 g/mol. The van der Waals surface area contributed by atoms with Crippen LogP contribution in [0, 0.1) is 0 Å². The smallest absolute Gasteiger partial charge is 0.251 e. The number of nitrogens with one attached hydrogen (secondary N) is 1. The molecule has 4 heteroatoms. The van der Waals surface area contributed by atoms with Crippen LogP contribution in [0.2, 0.25) is 0 Å². The van der Waals surface area contributed by atoms with Crippen molar-refractivity contribution in [2.45, 2.75) is 25.3 Å². The fraction of sp³-hybridized carbons (Fsp3) is 0.267. The maximum absolute atomic E-state index is 12.2. The molecule has 0 saturated carbocycles. The fourth-order valence-corrected chi connectivity index (χ4v) is 3.55. The molecule has 1 aliphatic rings. The van der Waals surface area contributed by atoms with Gasteiger partial charge in [-0.15, -0.1) is 11.3 Å². The third kappa shape index (κ3) is 2.49. The Morgan fingerprint density at radius 3 is 3.11 bits per heavy atom. The van der Waals surface area contributed by atoms with Gasteiger partial charge in [-0.1, -0.05) is 6.07 Å². The first-order valence-electron chi connectivity index (χ1n) is 6.47. The van der Waals surface area contributed by atoms with E-state index in [1.807, 2.05) is 0 Å². The van der Waals surface area contributed by atoms with Gasteiger partial charge in [-0.3, -0.25) is 4.79 Å². The van der Waals surface area contributed by atoms with Crippen LogP contribution in [0.15, 0.2) is 35.7 Å². The lowest BCUT2D eigenvalue weighted by atomic mass is 9.94. The van der Waals surface area contributed by atoms with Gasteiger partial charge >= 0.3 is 0 Å². The largest absolute Gasteiger partial charge is 0.399 e. The Bertz CT molecular complexity index is 606. The molecule has 2 aromatic rings. The van der Waals surface area contributed by atoms with Crippen LogP contribution in [0.1, 0.15) is 39.7 Å². The van der Waals surface area contributed by atoms with Crippen molar-refractivity contribution in [1.29, 1.82) is 0 Å². The van der Waals surface area contributed by atoms with Gasteiger partial charge in [0.2, 0.25) is 0 Å². The van der Waals surface area contributed by atoms with Gasteiger partial charge in [0.15, 0.2) is 0 Å². The highest BCUT2D eigenvalue weighted by atomic mass is 32.1. The van der Waals surface area contributed by atoms with Gasteiger partial charge in [-0.25, -0.2) is 0 Å². The van der Waals surface area contributed by atoms with Crippen molar-refractivity contribution in [3.05, 3.63) is 51.7 Å². The summed E-state index contributed by atoms with van der Waals surface area (Å²) in [5.74, 6) is -0.0450. The SMILES string of the molecule is Nc1cccc(C(=O)NC2CCCc3sccc32)c1. The van der Waals surface area contributed by atoms with Gasteiger partial charge in [0.25, 0.3) is 5.91 Å². The van der Waals surface area contributed by atoms with Crippen molar-refractivity contribution in [2.24, 2.45) is 0 Å². The molecule has 0 aliphatic heterocycles. The van der Waals surface area contributed by atoms with Crippen LogP contribution in [0.5, 0.6) is 0 Å². The van der Waals surface area contributed by atoms with E-state index in [1.54, 1.807) is 35.6 Å². The topological polar surface area (TPSA) is 55.1 Å². The van der Waals surface area contributed by atoms with Crippen molar-refractivity contribution in [2.75, 3.05) is 5.73 Å². The maximum atomic E-state index is 12.2. The molecule has 0 bridgehead atoms. The molecule has 3 nitrogen and oxygen atoms in total. The van der Waals surface area contributed by atoms with E-state index in [9.17, 15) is 4.79 Å². The number of rotatable bonds is 2. The van der Waals surface area contributed by atoms with Crippen LogP contribution >= 0.6 is 11.3 Å². The minimum atomic E-state index is -0.0450. The van der Waals surface area contributed by atoms with Crippen molar-refractivity contribution in [1.82, 2.24) is 5.32 Å². The van der Waals surface area contributed by atoms with E-state index in [1.165, 1.54) is 10.4 Å². The summed E-state index contributed by atoms with van der Waals surface area (Å²) in [7, 11) is 0. The molecule has 0 radical (unpaired) electrons. The number of nitrogens with two attached hydrogens (primary N) is 1. The number of carbonyl (C=O) groups is 1. The summed E-state index contributed by atoms with van der Waals surface area (Å²) < 4.78 is 0. The first kappa shape index (κ1) is 12.2. The summed E-state index contributed by atoms with van der Waals surface area (Å²) in [6, 6.07) is 9.37. The lowest BCUT2D eigenvalue weighted by Crippen LogP contribution is -2.30. The van der Waals surface area contributed by atoms with Crippen LogP contribution in [0.4, 0.5) is 5.69 Å². The van der Waals surface area contributed by atoms with Crippen LogP contribution in [-0.2, 0) is 6.42 Å². The Kier molecular flexibility index (Phi) is 3.25. The van der Waals surface area contributed by atoms with Gasteiger partial charge in [0, 0.05) is 16.1 Å². The maximum Gasteiger partial charge on any atom is 0.251 e. The number of nitrogen functional groups attached to an aromatic ring is 1. The van der Waals surface area contributed by atoms with E-state index in [4.69, 9.17) is 5.73 Å². The van der Waals surface area contributed by atoms with Gasteiger partial charge in [0.1, 0.15) is 0 Å². The molecule has 0 fully saturated rings. The second-order valence-corrected chi connectivity index (χ2v) is 5.84. The van der Waals surface area contributed by atoms with E-state index in [2.05, 4.69) is 16.8 Å². The number of fused-ring (bicyclic) bond motifs is 1. The quantitative estimate of drug-likeness (QED) is 0.825. The summed E-state index contributed by atoms with van der Waals surface area (Å²) in [5, 5.41) is 5.22. The van der Waals surface area contributed by atoms with Crippen molar-refractivity contribution in [3.63, 3.8) is 0 Å². The Hall–Kier alpha value is -1.81. The second kappa shape index (κ2) is 5.05. The lowest BCUT2D eigenvalue weighted by Gasteiger charge is -2.23. The normalized spacial score (nSPS) is 17.8. The third-order valence-corrected chi connectivity index (χ3v) is 4.50. The summed E-state index contributed by atoms with van der Waals surface area (Å²) in [6.45, 7) is 0. The van der Waals surface area contributed by atoms with Gasteiger partial charge in [-0.2, -0.15) is 0 Å². The zero-order chi connectivity index (χ0) is 13.2. The van der Waals surface area contributed by atoms with Crippen LogP contribution < -0.4 is 11.1 Å². The molecule has 1 aromatic heterocycles. The highest BCUT2D eigenvalue weighted by Gasteiger charge is 2.23. The van der Waals surface area contributed by atoms with E-state index < -0.39 is 0 Å². The predicted molar refractivity (Wildman–Crippen MR) is 78.3 cm³/mol. The predicted octanol–water partition coefficient (Wildman–Crippen LogP) is 3.14. The minimum Gasteiger partial charge on any atom is -0.399 e. The van der Waals surface area contributed by atoms with E-state index in [0.29, 0.717) is 11.3 Å². The van der Waals surface area contributed by atoms with E-state index >= 15 is 0 Å². The first-order chi connectivity index (χ1) is 9.24. The third-order valence-electron chi connectivity index (χ3n) is 3.51. The average Bonchev–Trinajstić information content (AvgIpc) is 2.88. The highest BCUT2D eigenvalue weighted by molar-refractivity contribution is 7.10. The fourth-order valence-electron chi connectivity index (χ4n) is 2.56. The number of aryl methyl sites for hydroxylation is 1. The van der Waals surface area contributed by atoms with Crippen molar-refractivity contribution in [3.8, 4) is 0 Å². The molecule has 0 spiro atoms. The molecule has 1 atom stereocenters. The molecule has 1 aliphatic carbocycles. The number of anilines is 1. The Labute approximate surface area is 116 Å². The summed E-state index contributed by atoms with van der Waals surface area (Å²) in [4.78, 5) is 13.6. The summed E-state index contributed by atoms with van der Waals surface area (Å²) >= 11 is 1.78. The van der Waals surface area contributed by atoms with Crippen LogP contribution in [0.3, 0.4) is 0 Å². The molecule has 19 heavy (non-hydrogen) atoms. The number of hydrogen-bond donors (Lipinski definition) is 2. The van der Waals surface area contributed by atoms with Crippen molar-refractivity contribution >= 4 is 22.9 Å². The van der Waals surface area contributed by atoms with Crippen LogP contribution in [0.25, 0.3) is 0 Å². The molecule has 1 amide bonds. The number of thiophene rings is 1. The Morgan fingerprint density at radius 1 is 1.37 bits per heavy atom. The van der Waals surface area contributed by atoms with E-state index in [0.717, 1.165) is 19.3 Å². The molecule has 0 saturated heterocycles. The number of amides is 1. The number of carbonyl (C=O) groups excluding carboxylic acids is 1. The number of benzene rings is 1. The summed E-state index contributed by atoms with van der Waals surface area (Å²) in [5.41, 5.74) is 8.24. The zero-order valence-electron chi connectivity index (χ0n) is 10.6. The summed E-state index contributed by atoms with van der Waals surface area (Å²) in [6.07, 6.45) is 3.28. The second-order valence-electron chi connectivity index (χ2n) is 4.84. The van der Waals surface area contributed by atoms with Crippen LogP contribution in [-0.4, -0.2) is 5.91 Å². The van der Waals surface area contributed by atoms with Gasteiger partial charge in [0.05, 0.1) is 6.04 Å². The van der Waals surface area contributed by atoms with Gasteiger partial charge in [-0.05, 0) is 54.5 Å². The zero-order valence-corrected chi connectivity index (χ0v) is 11.4. The standard InChI is InChI=1S/C15H16N2OS/c16-11-4-1-3-10(9-11)15(18)17-13-5-2-6-14-12(13)7-8-19-14/h1,3-4,7-9,13H,2,5-6,16H2,(H,17,18). The highest BCUT2D eigenvalue weighted by Crippen LogP contribution is 2.33. The average molecular weight is 272 g/mol. The Balaban J connectivity index is 1.78. The van der Waals surface area contributed by atoms with Crippen molar-refractivity contribution < 1.29 is 4.79 Å². The molecular formula is C15H16N2OS. The lowest BCUT2D eigenvalue weighted by molar-refractivity contribution is 0.0933. The molecule has 1 unspecified atom stereocenters. The molecule has 3 rings (SSSR count). The van der Waals surface area contributed by atoms with Gasteiger partial charge < -0.3 is 11.1 Å². The number of hydrogen-bond acceptors (Lipinski definition) is 3. The first-order valence-corrected chi connectivity index (χ1v) is 7.34. The molecule has 3 N–H and O–H groups in total. The van der Waals surface area contributed by atoms with E-state index in [-0.39, 0.29) is 11.9 Å². The Morgan fingerprint density at radius 2 is 2.26 bits per heavy atom. The minimum absolute atomic E-state index is 0.0450. The molecule has 98 valence electrons. The molecule has 1 heterocycles.